The van der Waals surface area contributed by atoms with E-state index in [-0.39, 0.29) is 0 Å². The number of hydrogen-bond donors (Lipinski definition) is 0. The largest absolute Gasteiger partial charge is 0.301 e. The molecule has 0 unspecified atom stereocenters. The first-order chi connectivity index (χ1) is 10.2. The zero-order valence-electron chi connectivity index (χ0n) is 12.7. The van der Waals surface area contributed by atoms with Gasteiger partial charge >= 0.3 is 0 Å². The van der Waals surface area contributed by atoms with Gasteiger partial charge in [0.25, 0.3) is 0 Å². The molecule has 2 nitrogen and oxygen atoms in total. The molecule has 21 heavy (non-hydrogen) atoms. The minimum Gasteiger partial charge on any atom is -0.301 e. The molecule has 1 saturated heterocycles. The van der Waals surface area contributed by atoms with Crippen LogP contribution in [-0.4, -0.2) is 60.6 Å². The summed E-state index contributed by atoms with van der Waals surface area (Å²) >= 11 is 5.52. The molecule has 0 saturated carbocycles. The first kappa shape index (κ1) is 15.6. The summed E-state index contributed by atoms with van der Waals surface area (Å²) in [6, 6.07) is 10.3. The van der Waals surface area contributed by atoms with Crippen LogP contribution in [0.2, 0.25) is 0 Å². The normalized spacial score (nSPS) is 31.9. The summed E-state index contributed by atoms with van der Waals surface area (Å²) < 4.78 is 1.17. The maximum atomic E-state index is 3.55. The van der Waals surface area contributed by atoms with Gasteiger partial charge in [0, 0.05) is 47.9 Å². The molecule has 3 rings (SSSR count). The number of thioether (sulfide) groups is 1. The molecule has 114 valence electrons. The van der Waals surface area contributed by atoms with Crippen molar-refractivity contribution in [1.82, 2.24) is 9.80 Å². The van der Waals surface area contributed by atoms with Crippen LogP contribution < -0.4 is 0 Å². The van der Waals surface area contributed by atoms with Crippen LogP contribution in [-0.2, 0) is 0 Å². The fourth-order valence-electron chi connectivity index (χ4n) is 3.65. The third-order valence-electron chi connectivity index (χ3n) is 4.67. The lowest BCUT2D eigenvalue weighted by atomic mass is 9.75. The molecule has 0 N–H and O–H groups in total. The van der Waals surface area contributed by atoms with E-state index in [1.807, 2.05) is 11.8 Å². The van der Waals surface area contributed by atoms with E-state index in [9.17, 15) is 0 Å². The van der Waals surface area contributed by atoms with Gasteiger partial charge in [0.2, 0.25) is 0 Å². The summed E-state index contributed by atoms with van der Waals surface area (Å²) in [5.41, 5.74) is 1.50. The number of nitrogens with zero attached hydrogens (tertiary/aromatic N) is 2. The number of rotatable bonds is 3. The van der Waals surface area contributed by atoms with Gasteiger partial charge < -0.3 is 4.90 Å². The highest BCUT2D eigenvalue weighted by Gasteiger charge is 2.48. The van der Waals surface area contributed by atoms with Crippen molar-refractivity contribution in [3.63, 3.8) is 0 Å². The molecule has 0 bridgehead atoms. The van der Waals surface area contributed by atoms with Gasteiger partial charge in [0.1, 0.15) is 0 Å². The van der Waals surface area contributed by atoms with Crippen LogP contribution in [0.25, 0.3) is 0 Å². The monoisotopic (exact) mass is 366 g/mol. The van der Waals surface area contributed by atoms with Crippen LogP contribution in [0.5, 0.6) is 0 Å². The van der Waals surface area contributed by atoms with E-state index in [0.29, 0.717) is 18.0 Å². The van der Waals surface area contributed by atoms with E-state index >= 15 is 0 Å². The van der Waals surface area contributed by atoms with Crippen molar-refractivity contribution in [3.05, 3.63) is 46.5 Å². The molecular formula is C17H23BrN2S. The van der Waals surface area contributed by atoms with Gasteiger partial charge in [-0.2, -0.15) is 11.8 Å². The van der Waals surface area contributed by atoms with Crippen LogP contribution in [0, 0.1) is 0 Å². The van der Waals surface area contributed by atoms with E-state index < -0.39 is 0 Å². The van der Waals surface area contributed by atoms with Crippen molar-refractivity contribution in [2.75, 3.05) is 38.7 Å². The lowest BCUT2D eigenvalue weighted by Gasteiger charge is -2.57. The van der Waals surface area contributed by atoms with Crippen LogP contribution in [0.1, 0.15) is 11.5 Å². The van der Waals surface area contributed by atoms with Crippen LogP contribution >= 0.6 is 27.7 Å². The van der Waals surface area contributed by atoms with Gasteiger partial charge in [0.15, 0.2) is 0 Å². The van der Waals surface area contributed by atoms with E-state index in [1.54, 1.807) is 0 Å². The lowest BCUT2D eigenvalue weighted by Crippen LogP contribution is -2.66. The van der Waals surface area contributed by atoms with Crippen LogP contribution in [0.15, 0.2) is 40.9 Å². The smallest absolute Gasteiger partial charge is 0.0313 e. The van der Waals surface area contributed by atoms with Crippen molar-refractivity contribution < 1.29 is 0 Å². The average molecular weight is 367 g/mol. The predicted molar refractivity (Wildman–Crippen MR) is 96.2 cm³/mol. The average Bonchev–Trinajstić information content (AvgIpc) is 2.46. The fraction of sp³-hybridized carbons (Fsp3) is 0.529. The van der Waals surface area contributed by atoms with Gasteiger partial charge in [-0.25, -0.2) is 0 Å². The molecule has 2 aliphatic rings. The van der Waals surface area contributed by atoms with Gasteiger partial charge in [-0.05, 0) is 31.0 Å². The van der Waals surface area contributed by atoms with Crippen molar-refractivity contribution in [3.8, 4) is 0 Å². The number of hydrogen-bond acceptors (Lipinski definition) is 3. The Morgan fingerprint density at radius 2 is 1.90 bits per heavy atom. The number of halogens is 1. The van der Waals surface area contributed by atoms with Crippen molar-refractivity contribution in [2.45, 2.75) is 18.0 Å². The summed E-state index contributed by atoms with van der Waals surface area (Å²) in [5.74, 6) is 1.88. The van der Waals surface area contributed by atoms with E-state index in [2.05, 4.69) is 75.5 Å². The Balaban J connectivity index is 1.85. The predicted octanol–water partition coefficient (Wildman–Crippen LogP) is 3.45. The van der Waals surface area contributed by atoms with E-state index in [0.717, 1.165) is 19.6 Å². The molecular weight excluding hydrogens is 344 g/mol. The maximum absolute atomic E-state index is 3.55. The minimum absolute atomic E-state index is 0.651. The second kappa shape index (κ2) is 6.86. The Hall–Kier alpha value is -0.290. The minimum atomic E-state index is 0.651. The van der Waals surface area contributed by atoms with Gasteiger partial charge in [0.05, 0.1) is 0 Å². The van der Waals surface area contributed by atoms with E-state index in [4.69, 9.17) is 0 Å². The van der Waals surface area contributed by atoms with E-state index in [1.165, 1.54) is 15.8 Å². The molecule has 3 atom stereocenters. The third kappa shape index (κ3) is 3.24. The highest BCUT2D eigenvalue weighted by Crippen LogP contribution is 2.42. The fourth-order valence-corrected chi connectivity index (χ4v) is 4.65. The lowest BCUT2D eigenvalue weighted by molar-refractivity contribution is -0.00812. The zero-order valence-corrected chi connectivity index (χ0v) is 15.1. The summed E-state index contributed by atoms with van der Waals surface area (Å²) in [6.07, 6.45) is 6.87. The first-order valence-corrected chi connectivity index (χ1v) is 9.73. The summed E-state index contributed by atoms with van der Waals surface area (Å²) in [5, 5.41) is 0. The molecule has 0 amide bonds. The maximum Gasteiger partial charge on any atom is 0.0313 e. The Morgan fingerprint density at radius 1 is 1.19 bits per heavy atom. The molecule has 1 fully saturated rings. The summed E-state index contributed by atoms with van der Waals surface area (Å²) in [6.45, 7) is 3.34. The Kier molecular flexibility index (Phi) is 5.10. The van der Waals surface area contributed by atoms with Gasteiger partial charge in [-0.1, -0.05) is 40.2 Å². The standard InChI is InChI=1S/C17H23BrN2S/c1-19-9-3-4-10-20-15(11-19)17(16(20)12-21-2)13-5-7-14(18)8-6-13/h3-8,15-17H,9-12H2,1-2H3/b4-3-/t15-,16+,17+/m0/s1. The topological polar surface area (TPSA) is 6.48 Å². The third-order valence-corrected chi connectivity index (χ3v) is 5.88. The highest BCUT2D eigenvalue weighted by molar-refractivity contribution is 9.10. The highest BCUT2D eigenvalue weighted by atomic mass is 79.9. The molecule has 2 aliphatic heterocycles. The van der Waals surface area contributed by atoms with Crippen LogP contribution in [0.4, 0.5) is 0 Å². The Bertz CT molecular complexity index is 502. The van der Waals surface area contributed by atoms with Gasteiger partial charge in [-0.15, -0.1) is 0 Å². The molecule has 0 spiro atoms. The van der Waals surface area contributed by atoms with Gasteiger partial charge in [-0.3, -0.25) is 4.90 Å². The second-order valence-corrected chi connectivity index (χ2v) is 7.88. The Labute approximate surface area is 140 Å². The number of benzene rings is 1. The number of fused-ring (bicyclic) bond motifs is 1. The summed E-state index contributed by atoms with van der Waals surface area (Å²) in [7, 11) is 2.23. The first-order valence-electron chi connectivity index (χ1n) is 7.54. The zero-order chi connectivity index (χ0) is 14.8. The molecule has 0 aliphatic carbocycles. The van der Waals surface area contributed by atoms with Crippen LogP contribution in [0.3, 0.4) is 0 Å². The molecule has 0 aromatic heterocycles. The summed E-state index contributed by atoms with van der Waals surface area (Å²) in [4.78, 5) is 5.13. The Morgan fingerprint density at radius 3 is 2.62 bits per heavy atom. The second-order valence-electron chi connectivity index (χ2n) is 6.06. The molecule has 4 heteroatoms. The molecule has 2 heterocycles. The van der Waals surface area contributed by atoms with Crippen molar-refractivity contribution in [2.24, 2.45) is 0 Å². The molecule has 1 aromatic carbocycles. The quantitative estimate of drug-likeness (QED) is 0.756. The van der Waals surface area contributed by atoms with Crippen molar-refractivity contribution in [1.29, 1.82) is 0 Å². The SMILES string of the molecule is CSC[C@@H]1[C@H](c2ccc(Br)cc2)[C@@H]2CN(C)C/C=C\CN12. The van der Waals surface area contributed by atoms with Crippen molar-refractivity contribution >= 4 is 27.7 Å². The number of likely N-dealkylation sites (N-methyl/N-ethyl adjacent to an activating group) is 1. The molecule has 0 radical (unpaired) electrons. The molecule has 1 aromatic rings.